The van der Waals surface area contributed by atoms with Crippen molar-refractivity contribution in [1.29, 1.82) is 0 Å². The molecule has 0 aliphatic carbocycles. The van der Waals surface area contributed by atoms with Crippen molar-refractivity contribution in [1.82, 2.24) is 0 Å². The molecule has 0 N–H and O–H groups in total. The lowest BCUT2D eigenvalue weighted by molar-refractivity contribution is -0.139. The topological polar surface area (TPSA) is 26.3 Å². The van der Waals surface area contributed by atoms with Gasteiger partial charge in [0.15, 0.2) is 0 Å². The van der Waals surface area contributed by atoms with Gasteiger partial charge in [0.05, 0.1) is 13.5 Å². The van der Waals surface area contributed by atoms with Crippen molar-refractivity contribution in [3.05, 3.63) is 33.3 Å². The van der Waals surface area contributed by atoms with Crippen LogP contribution in [0.4, 0.5) is 0 Å². The zero-order valence-electron chi connectivity index (χ0n) is 8.02. The molecule has 1 aromatic rings. The Bertz CT molecular complexity index is 380. The molecule has 1 aromatic carbocycles. The summed E-state index contributed by atoms with van der Waals surface area (Å²) in [5, 5.41) is 1.62. The molecule has 0 radical (unpaired) electrons. The molecular weight excluding hydrogens is 303 g/mol. The van der Waals surface area contributed by atoms with Gasteiger partial charge in [0.25, 0.3) is 0 Å². The molecule has 0 aliphatic rings. The zero-order chi connectivity index (χ0) is 11.4. The van der Waals surface area contributed by atoms with Crippen LogP contribution in [0.1, 0.15) is 11.1 Å². The van der Waals surface area contributed by atoms with Crippen molar-refractivity contribution in [3.63, 3.8) is 0 Å². The van der Waals surface area contributed by atoms with Crippen molar-refractivity contribution in [2.45, 2.75) is 11.8 Å². The molecule has 15 heavy (non-hydrogen) atoms. The second-order valence-electron chi connectivity index (χ2n) is 2.89. The molecule has 0 amide bonds. The Kier molecular flexibility index (Phi) is 4.90. The first-order valence-electron chi connectivity index (χ1n) is 4.18. The normalized spacial score (nSPS) is 10.1. The number of rotatable bonds is 3. The summed E-state index contributed by atoms with van der Waals surface area (Å²) in [4.78, 5) is 11.1. The summed E-state index contributed by atoms with van der Waals surface area (Å²) in [6.45, 7) is 0. The van der Waals surface area contributed by atoms with E-state index >= 15 is 0 Å². The fourth-order valence-electron chi connectivity index (χ4n) is 1.13. The van der Waals surface area contributed by atoms with Crippen LogP contribution in [-0.2, 0) is 21.3 Å². The van der Waals surface area contributed by atoms with Crippen LogP contribution in [0.15, 0.2) is 12.1 Å². The standard InChI is InChI=1S/C10H9BrCl2O2/c1-15-9(14)4-7-8(12)3-2-6(5-11)10(7)13/h2-3H,4-5H2,1H3. The van der Waals surface area contributed by atoms with Crippen LogP contribution < -0.4 is 0 Å². The maximum atomic E-state index is 11.1. The number of hydrogen-bond acceptors (Lipinski definition) is 2. The average Bonchev–Trinajstić information content (AvgIpc) is 2.24. The van der Waals surface area contributed by atoms with Gasteiger partial charge in [-0.3, -0.25) is 4.79 Å². The number of carbonyl (C=O) groups is 1. The fraction of sp³-hybridized carbons (Fsp3) is 0.300. The maximum Gasteiger partial charge on any atom is 0.310 e. The third-order valence-electron chi connectivity index (χ3n) is 1.96. The molecule has 0 fully saturated rings. The van der Waals surface area contributed by atoms with Crippen molar-refractivity contribution >= 4 is 45.1 Å². The number of alkyl halides is 1. The van der Waals surface area contributed by atoms with Crippen LogP contribution in [0, 0.1) is 0 Å². The van der Waals surface area contributed by atoms with Gasteiger partial charge in [-0.2, -0.15) is 0 Å². The second-order valence-corrected chi connectivity index (χ2v) is 4.23. The molecule has 0 aromatic heterocycles. The summed E-state index contributed by atoms with van der Waals surface area (Å²) >= 11 is 15.4. The quantitative estimate of drug-likeness (QED) is 0.630. The summed E-state index contributed by atoms with van der Waals surface area (Å²) in [6, 6.07) is 3.54. The van der Waals surface area contributed by atoms with E-state index in [1.54, 1.807) is 6.07 Å². The van der Waals surface area contributed by atoms with Crippen molar-refractivity contribution in [2.75, 3.05) is 7.11 Å². The van der Waals surface area contributed by atoms with E-state index in [-0.39, 0.29) is 12.4 Å². The van der Waals surface area contributed by atoms with E-state index in [2.05, 4.69) is 20.7 Å². The van der Waals surface area contributed by atoms with Gasteiger partial charge in [0, 0.05) is 20.9 Å². The molecule has 0 bridgehead atoms. The van der Waals surface area contributed by atoms with Gasteiger partial charge < -0.3 is 4.74 Å². The number of ether oxygens (including phenoxy) is 1. The molecule has 0 spiro atoms. The summed E-state index contributed by atoms with van der Waals surface area (Å²) in [6.07, 6.45) is 0.0923. The van der Waals surface area contributed by atoms with Gasteiger partial charge in [0.2, 0.25) is 0 Å². The Morgan fingerprint density at radius 2 is 2.13 bits per heavy atom. The SMILES string of the molecule is COC(=O)Cc1c(Cl)ccc(CBr)c1Cl. The van der Waals surface area contributed by atoms with E-state index in [1.165, 1.54) is 7.11 Å². The molecule has 0 unspecified atom stereocenters. The van der Waals surface area contributed by atoms with Crippen LogP contribution in [0.5, 0.6) is 0 Å². The van der Waals surface area contributed by atoms with Crippen molar-refractivity contribution in [2.24, 2.45) is 0 Å². The van der Waals surface area contributed by atoms with Crippen LogP contribution in [0.25, 0.3) is 0 Å². The van der Waals surface area contributed by atoms with Gasteiger partial charge >= 0.3 is 5.97 Å². The highest BCUT2D eigenvalue weighted by molar-refractivity contribution is 9.08. The second kappa shape index (κ2) is 5.73. The third-order valence-corrected chi connectivity index (χ3v) is 3.39. The minimum atomic E-state index is -0.356. The van der Waals surface area contributed by atoms with Gasteiger partial charge in [-0.05, 0) is 11.6 Å². The maximum absolute atomic E-state index is 11.1. The molecule has 82 valence electrons. The highest BCUT2D eigenvalue weighted by atomic mass is 79.9. The Balaban J connectivity index is 3.09. The molecule has 2 nitrogen and oxygen atoms in total. The first-order valence-corrected chi connectivity index (χ1v) is 6.06. The molecule has 5 heteroatoms. The Morgan fingerprint density at radius 1 is 1.47 bits per heavy atom. The molecule has 0 saturated heterocycles. The highest BCUT2D eigenvalue weighted by Crippen LogP contribution is 2.30. The number of hydrogen-bond donors (Lipinski definition) is 0. The first kappa shape index (κ1) is 12.8. The molecule has 0 heterocycles. The lowest BCUT2D eigenvalue weighted by Crippen LogP contribution is -2.06. The number of esters is 1. The Labute approximate surface area is 107 Å². The lowest BCUT2D eigenvalue weighted by Gasteiger charge is -2.09. The molecule has 1 rings (SSSR count). The van der Waals surface area contributed by atoms with Crippen LogP contribution in [-0.4, -0.2) is 13.1 Å². The number of halogens is 3. The predicted molar refractivity (Wildman–Crippen MR) is 64.8 cm³/mol. The van der Waals surface area contributed by atoms with Gasteiger partial charge in [-0.15, -0.1) is 0 Å². The van der Waals surface area contributed by atoms with Crippen molar-refractivity contribution in [3.8, 4) is 0 Å². The van der Waals surface area contributed by atoms with E-state index in [0.29, 0.717) is 20.9 Å². The fourth-order valence-corrected chi connectivity index (χ4v) is 2.33. The Morgan fingerprint density at radius 3 is 2.67 bits per heavy atom. The first-order chi connectivity index (χ1) is 7.10. The van der Waals surface area contributed by atoms with Gasteiger partial charge in [0.1, 0.15) is 0 Å². The van der Waals surface area contributed by atoms with E-state index in [9.17, 15) is 4.79 Å². The summed E-state index contributed by atoms with van der Waals surface area (Å²) < 4.78 is 4.57. The van der Waals surface area contributed by atoms with Crippen LogP contribution >= 0.6 is 39.1 Å². The van der Waals surface area contributed by atoms with E-state index in [0.717, 1.165) is 5.56 Å². The summed E-state index contributed by atoms with van der Waals surface area (Å²) in [5.74, 6) is -0.356. The van der Waals surface area contributed by atoms with Crippen LogP contribution in [0.3, 0.4) is 0 Å². The lowest BCUT2D eigenvalue weighted by atomic mass is 10.1. The minimum absolute atomic E-state index is 0.0923. The molecule has 0 aliphatic heterocycles. The predicted octanol–water partition coefficient (Wildman–Crippen LogP) is 3.60. The number of methoxy groups -OCH3 is 1. The molecule has 0 saturated carbocycles. The summed E-state index contributed by atoms with van der Waals surface area (Å²) in [5.41, 5.74) is 1.52. The van der Waals surface area contributed by atoms with Gasteiger partial charge in [-0.1, -0.05) is 45.2 Å². The zero-order valence-corrected chi connectivity index (χ0v) is 11.1. The van der Waals surface area contributed by atoms with Gasteiger partial charge in [-0.25, -0.2) is 0 Å². The average molecular weight is 312 g/mol. The van der Waals surface area contributed by atoms with Crippen LogP contribution in [0.2, 0.25) is 10.0 Å². The number of carbonyl (C=O) groups excluding carboxylic acids is 1. The van der Waals surface area contributed by atoms with E-state index < -0.39 is 0 Å². The van der Waals surface area contributed by atoms with E-state index in [1.807, 2.05) is 6.07 Å². The number of benzene rings is 1. The summed E-state index contributed by atoms with van der Waals surface area (Å²) in [7, 11) is 1.33. The minimum Gasteiger partial charge on any atom is -0.469 e. The smallest absolute Gasteiger partial charge is 0.310 e. The monoisotopic (exact) mass is 310 g/mol. The Hall–Kier alpha value is -0.250. The van der Waals surface area contributed by atoms with E-state index in [4.69, 9.17) is 23.2 Å². The largest absolute Gasteiger partial charge is 0.469 e. The van der Waals surface area contributed by atoms with Crippen molar-refractivity contribution < 1.29 is 9.53 Å². The third kappa shape index (κ3) is 3.10. The molecule has 0 atom stereocenters. The highest BCUT2D eigenvalue weighted by Gasteiger charge is 2.13. The molecular formula is C10H9BrCl2O2.